The second-order valence-electron chi connectivity index (χ2n) is 3.37. The van der Waals surface area contributed by atoms with Gasteiger partial charge in [0.15, 0.2) is 0 Å². The Morgan fingerprint density at radius 1 is 1.77 bits per heavy atom. The molecule has 0 aromatic carbocycles. The van der Waals surface area contributed by atoms with E-state index < -0.39 is 0 Å². The highest BCUT2D eigenvalue weighted by Crippen LogP contribution is 2.15. The number of nitrogens with one attached hydrogen (secondary N) is 2. The average molecular weight is 247 g/mol. The molecular formula is C9H15BrN2O. The lowest BCUT2D eigenvalue weighted by Crippen LogP contribution is -2.37. The molecular weight excluding hydrogens is 232 g/mol. The molecule has 74 valence electrons. The number of hydrogen-bond donors (Lipinski definition) is 2. The summed E-state index contributed by atoms with van der Waals surface area (Å²) in [5.41, 5.74) is 0. The Labute approximate surface area is 87.1 Å². The van der Waals surface area contributed by atoms with E-state index in [9.17, 15) is 4.79 Å². The van der Waals surface area contributed by atoms with E-state index >= 15 is 0 Å². The van der Waals surface area contributed by atoms with Gasteiger partial charge in [-0.2, -0.15) is 0 Å². The summed E-state index contributed by atoms with van der Waals surface area (Å²) >= 11 is 3.20. The van der Waals surface area contributed by atoms with E-state index in [-0.39, 0.29) is 11.8 Å². The Morgan fingerprint density at radius 2 is 2.46 bits per heavy atom. The maximum atomic E-state index is 11.5. The van der Waals surface area contributed by atoms with E-state index in [0.717, 1.165) is 17.4 Å². The van der Waals surface area contributed by atoms with Gasteiger partial charge in [-0.15, -0.1) is 0 Å². The van der Waals surface area contributed by atoms with Gasteiger partial charge in [0, 0.05) is 17.1 Å². The molecule has 0 spiro atoms. The van der Waals surface area contributed by atoms with Crippen molar-refractivity contribution in [1.29, 1.82) is 0 Å². The maximum Gasteiger partial charge on any atom is 0.225 e. The van der Waals surface area contributed by atoms with E-state index in [0.29, 0.717) is 12.6 Å². The van der Waals surface area contributed by atoms with Gasteiger partial charge >= 0.3 is 0 Å². The summed E-state index contributed by atoms with van der Waals surface area (Å²) in [5.74, 6) is 0.241. The lowest BCUT2D eigenvalue weighted by atomic mass is 10.0. The molecule has 1 aliphatic rings. The number of hydrogen-bond acceptors (Lipinski definition) is 2. The van der Waals surface area contributed by atoms with Crippen molar-refractivity contribution < 1.29 is 4.79 Å². The molecule has 1 aliphatic heterocycles. The molecule has 4 heteroatoms. The van der Waals surface area contributed by atoms with Gasteiger partial charge in [-0.05, 0) is 19.9 Å². The van der Waals surface area contributed by atoms with Crippen LogP contribution in [0.1, 0.15) is 13.3 Å². The Hall–Kier alpha value is -0.350. The van der Waals surface area contributed by atoms with Crippen molar-refractivity contribution in [2.75, 3.05) is 13.1 Å². The predicted molar refractivity (Wildman–Crippen MR) is 56.6 cm³/mol. The Kier molecular flexibility index (Phi) is 3.93. The molecule has 3 nitrogen and oxygen atoms in total. The zero-order valence-electron chi connectivity index (χ0n) is 7.77. The number of rotatable bonds is 3. The molecule has 2 N–H and O–H groups in total. The number of carbonyl (C=O) groups excluding carboxylic acids is 1. The fourth-order valence-corrected chi connectivity index (χ4v) is 1.67. The largest absolute Gasteiger partial charge is 0.351 e. The second kappa shape index (κ2) is 4.77. The highest BCUT2D eigenvalue weighted by Gasteiger charge is 2.28. The first-order chi connectivity index (χ1) is 6.11. The topological polar surface area (TPSA) is 41.1 Å². The third-order valence-corrected chi connectivity index (χ3v) is 2.60. The standard InChI is InChI=1S/C9H15BrN2O/c1-6(10)5-12-9(13)8-3-4-11-7(8)2/h7-8,11H,1,3-5H2,2H3,(H,12,13). The van der Waals surface area contributed by atoms with Crippen molar-refractivity contribution in [3.63, 3.8) is 0 Å². The van der Waals surface area contributed by atoms with E-state index in [4.69, 9.17) is 0 Å². The fourth-order valence-electron chi connectivity index (χ4n) is 1.53. The van der Waals surface area contributed by atoms with Crippen molar-refractivity contribution >= 4 is 21.8 Å². The van der Waals surface area contributed by atoms with Crippen LogP contribution in [0.15, 0.2) is 11.1 Å². The number of amides is 1. The van der Waals surface area contributed by atoms with Crippen molar-refractivity contribution in [1.82, 2.24) is 10.6 Å². The zero-order valence-corrected chi connectivity index (χ0v) is 9.36. The van der Waals surface area contributed by atoms with Gasteiger partial charge in [0.25, 0.3) is 0 Å². The van der Waals surface area contributed by atoms with Crippen LogP contribution in [-0.4, -0.2) is 25.0 Å². The molecule has 0 radical (unpaired) electrons. The molecule has 13 heavy (non-hydrogen) atoms. The first kappa shape index (κ1) is 10.7. The minimum Gasteiger partial charge on any atom is -0.351 e. The normalized spacial score (nSPS) is 27.2. The van der Waals surface area contributed by atoms with Gasteiger partial charge in [-0.3, -0.25) is 4.79 Å². The van der Waals surface area contributed by atoms with E-state index in [2.05, 4.69) is 33.1 Å². The van der Waals surface area contributed by atoms with Gasteiger partial charge in [0.05, 0.1) is 5.92 Å². The van der Waals surface area contributed by atoms with Crippen LogP contribution in [0.25, 0.3) is 0 Å². The molecule has 1 rings (SSSR count). The molecule has 0 saturated carbocycles. The summed E-state index contributed by atoms with van der Waals surface area (Å²) in [7, 11) is 0. The predicted octanol–water partition coefficient (Wildman–Crippen LogP) is 1.01. The fraction of sp³-hybridized carbons (Fsp3) is 0.667. The summed E-state index contributed by atoms with van der Waals surface area (Å²) in [4.78, 5) is 11.5. The van der Waals surface area contributed by atoms with Crippen LogP contribution < -0.4 is 10.6 Å². The summed E-state index contributed by atoms with van der Waals surface area (Å²) < 4.78 is 0.805. The summed E-state index contributed by atoms with van der Waals surface area (Å²) in [6, 6.07) is 0.295. The minimum atomic E-state index is 0.117. The monoisotopic (exact) mass is 246 g/mol. The van der Waals surface area contributed by atoms with Gasteiger partial charge in [-0.25, -0.2) is 0 Å². The lowest BCUT2D eigenvalue weighted by Gasteiger charge is -2.14. The summed E-state index contributed by atoms with van der Waals surface area (Å²) in [5, 5.41) is 6.07. The first-order valence-electron chi connectivity index (χ1n) is 4.45. The smallest absolute Gasteiger partial charge is 0.225 e. The minimum absolute atomic E-state index is 0.117. The van der Waals surface area contributed by atoms with Crippen LogP contribution in [0.3, 0.4) is 0 Å². The lowest BCUT2D eigenvalue weighted by molar-refractivity contribution is -0.124. The van der Waals surface area contributed by atoms with Crippen molar-refractivity contribution in [2.45, 2.75) is 19.4 Å². The summed E-state index contributed by atoms with van der Waals surface area (Å²) in [6.07, 6.45) is 0.932. The maximum absolute atomic E-state index is 11.5. The third-order valence-electron chi connectivity index (χ3n) is 2.32. The molecule has 0 aliphatic carbocycles. The quantitative estimate of drug-likeness (QED) is 0.781. The van der Waals surface area contributed by atoms with E-state index in [1.54, 1.807) is 0 Å². The van der Waals surface area contributed by atoms with Crippen molar-refractivity contribution in [2.24, 2.45) is 5.92 Å². The molecule has 2 unspecified atom stereocenters. The molecule has 0 aromatic rings. The Balaban J connectivity index is 2.34. The van der Waals surface area contributed by atoms with Gasteiger partial charge in [-0.1, -0.05) is 22.5 Å². The van der Waals surface area contributed by atoms with Crippen LogP contribution in [0.4, 0.5) is 0 Å². The van der Waals surface area contributed by atoms with Crippen molar-refractivity contribution in [3.8, 4) is 0 Å². The number of carbonyl (C=O) groups is 1. The van der Waals surface area contributed by atoms with Gasteiger partial charge < -0.3 is 10.6 Å². The summed E-state index contributed by atoms with van der Waals surface area (Å²) in [6.45, 7) is 7.16. The zero-order chi connectivity index (χ0) is 9.84. The van der Waals surface area contributed by atoms with Crippen LogP contribution >= 0.6 is 15.9 Å². The van der Waals surface area contributed by atoms with E-state index in [1.165, 1.54) is 0 Å². The third kappa shape index (κ3) is 3.12. The molecule has 0 aromatic heterocycles. The molecule has 0 bridgehead atoms. The molecule has 2 atom stereocenters. The highest BCUT2D eigenvalue weighted by molar-refractivity contribution is 9.11. The van der Waals surface area contributed by atoms with Crippen LogP contribution in [0.2, 0.25) is 0 Å². The van der Waals surface area contributed by atoms with Gasteiger partial charge in [0.2, 0.25) is 5.91 Å². The van der Waals surface area contributed by atoms with Crippen LogP contribution in [0, 0.1) is 5.92 Å². The molecule has 1 fully saturated rings. The highest BCUT2D eigenvalue weighted by atomic mass is 79.9. The second-order valence-corrected chi connectivity index (χ2v) is 4.49. The average Bonchev–Trinajstić information content (AvgIpc) is 2.47. The Morgan fingerprint density at radius 3 is 2.92 bits per heavy atom. The SMILES string of the molecule is C=C(Br)CNC(=O)C1CCNC1C. The molecule has 1 saturated heterocycles. The van der Waals surface area contributed by atoms with Crippen LogP contribution in [0.5, 0.6) is 0 Å². The Bertz CT molecular complexity index is 218. The molecule has 1 heterocycles. The van der Waals surface area contributed by atoms with Crippen molar-refractivity contribution in [3.05, 3.63) is 11.1 Å². The van der Waals surface area contributed by atoms with E-state index in [1.807, 2.05) is 6.92 Å². The van der Waals surface area contributed by atoms with Gasteiger partial charge in [0.1, 0.15) is 0 Å². The molecule has 1 amide bonds. The number of halogens is 1. The van der Waals surface area contributed by atoms with Crippen LogP contribution in [-0.2, 0) is 4.79 Å². The first-order valence-corrected chi connectivity index (χ1v) is 5.25.